The van der Waals surface area contributed by atoms with Gasteiger partial charge in [0.05, 0.1) is 18.5 Å². The van der Waals surface area contributed by atoms with E-state index in [2.05, 4.69) is 17.2 Å². The van der Waals surface area contributed by atoms with E-state index in [9.17, 15) is 14.4 Å². The summed E-state index contributed by atoms with van der Waals surface area (Å²) >= 11 is 1.29. The normalized spacial score (nSPS) is 11.9. The smallest absolute Gasteiger partial charge is 0.261 e. The summed E-state index contributed by atoms with van der Waals surface area (Å²) < 4.78 is 5.32. The van der Waals surface area contributed by atoms with Crippen LogP contribution in [0.25, 0.3) is 0 Å². The topological polar surface area (TPSA) is 87.7 Å². The first kappa shape index (κ1) is 25.1. The number of hydrogen-bond acceptors (Lipinski definition) is 5. The van der Waals surface area contributed by atoms with Crippen molar-refractivity contribution in [2.75, 3.05) is 20.2 Å². The number of carbonyl (C=O) groups is 3. The Morgan fingerprint density at radius 2 is 2.00 bits per heavy atom. The summed E-state index contributed by atoms with van der Waals surface area (Å²) in [6.45, 7) is 9.47. The highest BCUT2D eigenvalue weighted by molar-refractivity contribution is 7.12. The molecule has 0 aliphatic carbocycles. The van der Waals surface area contributed by atoms with E-state index in [0.29, 0.717) is 16.2 Å². The van der Waals surface area contributed by atoms with Crippen LogP contribution in [0.3, 0.4) is 0 Å². The van der Waals surface area contributed by atoms with Gasteiger partial charge in [-0.25, -0.2) is 0 Å². The van der Waals surface area contributed by atoms with Gasteiger partial charge in [0, 0.05) is 12.1 Å². The minimum Gasteiger partial charge on any atom is -0.497 e. The molecule has 1 aromatic heterocycles. The second kappa shape index (κ2) is 11.5. The minimum atomic E-state index is -0.917. The molecule has 2 N–H and O–H groups in total. The van der Waals surface area contributed by atoms with Crippen molar-refractivity contribution in [3.8, 4) is 5.75 Å². The van der Waals surface area contributed by atoms with Crippen molar-refractivity contribution in [2.24, 2.45) is 0 Å². The largest absolute Gasteiger partial charge is 0.497 e. The molecular weight excluding hydrogens is 426 g/mol. The van der Waals surface area contributed by atoms with E-state index in [1.165, 1.54) is 16.2 Å². The van der Waals surface area contributed by atoms with Gasteiger partial charge >= 0.3 is 0 Å². The van der Waals surface area contributed by atoms with Crippen molar-refractivity contribution < 1.29 is 19.1 Å². The van der Waals surface area contributed by atoms with Gasteiger partial charge in [-0.05, 0) is 49.4 Å². The minimum absolute atomic E-state index is 0.134. The Morgan fingerprint density at radius 3 is 2.59 bits per heavy atom. The standard InChI is InChI=1S/C24H31N3O4S/c1-6-13-27(20(28)16-25-22(29)19-12-9-14-32-19)21(23(30)26-24(3,4)7-2)17-10-8-11-18(15-17)31-5/h6,8-12,14-15,21H,1,7,13,16H2,2-5H3,(H,25,29)(H,26,30)/t21-/m0/s1. The molecule has 2 rings (SSSR count). The van der Waals surface area contributed by atoms with Crippen LogP contribution in [0.4, 0.5) is 0 Å². The van der Waals surface area contributed by atoms with E-state index in [-0.39, 0.29) is 24.9 Å². The van der Waals surface area contributed by atoms with Crippen molar-refractivity contribution in [3.63, 3.8) is 0 Å². The summed E-state index contributed by atoms with van der Waals surface area (Å²) in [5.74, 6) is -0.467. The number of hydrogen-bond donors (Lipinski definition) is 2. The molecule has 1 aromatic carbocycles. The molecule has 0 aliphatic rings. The first-order chi connectivity index (χ1) is 15.2. The maximum absolute atomic E-state index is 13.4. The van der Waals surface area contributed by atoms with Crippen molar-refractivity contribution in [3.05, 3.63) is 64.9 Å². The van der Waals surface area contributed by atoms with E-state index in [1.54, 1.807) is 55.0 Å². The first-order valence-corrected chi connectivity index (χ1v) is 11.3. The lowest BCUT2D eigenvalue weighted by Crippen LogP contribution is -2.51. The molecule has 0 saturated carbocycles. The molecule has 0 radical (unpaired) electrons. The van der Waals surface area contributed by atoms with Crippen LogP contribution >= 0.6 is 11.3 Å². The average Bonchev–Trinajstić information content (AvgIpc) is 3.32. The fourth-order valence-corrected chi connectivity index (χ4v) is 3.66. The highest BCUT2D eigenvalue weighted by atomic mass is 32.1. The third-order valence-electron chi connectivity index (χ3n) is 5.11. The molecule has 0 fully saturated rings. The maximum Gasteiger partial charge on any atom is 0.261 e. The Labute approximate surface area is 193 Å². The second-order valence-corrected chi connectivity index (χ2v) is 8.85. The number of rotatable bonds is 11. The molecule has 0 aliphatic heterocycles. The van der Waals surface area contributed by atoms with Gasteiger partial charge in [0.1, 0.15) is 11.8 Å². The second-order valence-electron chi connectivity index (χ2n) is 7.90. The summed E-state index contributed by atoms with van der Waals surface area (Å²) in [6.07, 6.45) is 2.28. The number of amides is 3. The van der Waals surface area contributed by atoms with Crippen molar-refractivity contribution in [2.45, 2.75) is 38.8 Å². The van der Waals surface area contributed by atoms with Crippen molar-refractivity contribution in [1.82, 2.24) is 15.5 Å². The third-order valence-corrected chi connectivity index (χ3v) is 5.97. The van der Waals surface area contributed by atoms with Crippen molar-refractivity contribution >= 4 is 29.1 Å². The van der Waals surface area contributed by atoms with Gasteiger partial charge in [-0.2, -0.15) is 0 Å². The van der Waals surface area contributed by atoms with E-state index >= 15 is 0 Å². The highest BCUT2D eigenvalue weighted by Crippen LogP contribution is 2.26. The quantitative estimate of drug-likeness (QED) is 0.505. The number of nitrogens with one attached hydrogen (secondary N) is 2. The van der Waals surface area contributed by atoms with E-state index in [1.807, 2.05) is 20.8 Å². The molecule has 1 heterocycles. The SMILES string of the molecule is C=CCN(C(=O)CNC(=O)c1cccs1)[C@H](C(=O)NC(C)(C)CC)c1cccc(OC)c1. The monoisotopic (exact) mass is 457 g/mol. The van der Waals surface area contributed by atoms with Gasteiger partial charge in [0.25, 0.3) is 5.91 Å². The van der Waals surface area contributed by atoms with Gasteiger partial charge in [0.2, 0.25) is 11.8 Å². The Balaban J connectivity index is 2.34. The van der Waals surface area contributed by atoms with E-state index in [4.69, 9.17) is 4.74 Å². The Hall–Kier alpha value is -3.13. The molecule has 8 heteroatoms. The summed E-state index contributed by atoms with van der Waals surface area (Å²) in [6, 6.07) is 9.59. The fraction of sp³-hybridized carbons (Fsp3) is 0.375. The first-order valence-electron chi connectivity index (χ1n) is 10.4. The highest BCUT2D eigenvalue weighted by Gasteiger charge is 2.33. The lowest BCUT2D eigenvalue weighted by Gasteiger charge is -2.34. The molecule has 172 valence electrons. The fourth-order valence-electron chi connectivity index (χ4n) is 3.02. The number of methoxy groups -OCH3 is 1. The summed E-state index contributed by atoms with van der Waals surface area (Å²) in [7, 11) is 1.54. The third kappa shape index (κ3) is 6.68. The summed E-state index contributed by atoms with van der Waals surface area (Å²) in [5.41, 5.74) is 0.151. The van der Waals surface area contributed by atoms with Crippen LogP contribution in [0.2, 0.25) is 0 Å². The zero-order valence-electron chi connectivity index (χ0n) is 19.0. The molecule has 2 aromatic rings. The van der Waals surface area contributed by atoms with Crippen LogP contribution in [-0.2, 0) is 9.59 Å². The van der Waals surface area contributed by atoms with Gasteiger partial charge < -0.3 is 20.3 Å². The lowest BCUT2D eigenvalue weighted by molar-refractivity contribution is -0.140. The van der Waals surface area contributed by atoms with E-state index in [0.717, 1.165) is 6.42 Å². The van der Waals surface area contributed by atoms with Crippen molar-refractivity contribution in [1.29, 1.82) is 0 Å². The van der Waals surface area contributed by atoms with E-state index < -0.39 is 17.5 Å². The predicted octanol–water partition coefficient (Wildman–Crippen LogP) is 3.55. The Bertz CT molecular complexity index is 940. The zero-order chi connectivity index (χ0) is 23.7. The molecule has 0 saturated heterocycles. The zero-order valence-corrected chi connectivity index (χ0v) is 19.8. The molecule has 0 unspecified atom stereocenters. The van der Waals surface area contributed by atoms with Crippen LogP contribution in [0.1, 0.15) is 48.5 Å². The number of carbonyl (C=O) groups excluding carboxylic acids is 3. The predicted molar refractivity (Wildman–Crippen MR) is 127 cm³/mol. The molecule has 0 spiro atoms. The molecular formula is C24H31N3O4S. The summed E-state index contributed by atoms with van der Waals surface area (Å²) in [4.78, 5) is 40.8. The molecule has 7 nitrogen and oxygen atoms in total. The molecule has 32 heavy (non-hydrogen) atoms. The number of nitrogens with zero attached hydrogens (tertiary/aromatic N) is 1. The lowest BCUT2D eigenvalue weighted by atomic mass is 9.98. The van der Waals surface area contributed by atoms with Gasteiger partial charge in [-0.3, -0.25) is 14.4 Å². The van der Waals surface area contributed by atoms with Crippen LogP contribution < -0.4 is 15.4 Å². The van der Waals surface area contributed by atoms with Gasteiger partial charge in [0.15, 0.2) is 0 Å². The van der Waals surface area contributed by atoms with Crippen LogP contribution in [0, 0.1) is 0 Å². The Morgan fingerprint density at radius 1 is 1.25 bits per heavy atom. The van der Waals surface area contributed by atoms with Crippen LogP contribution in [0.15, 0.2) is 54.4 Å². The molecule has 1 atom stereocenters. The average molecular weight is 458 g/mol. The Kier molecular flexibility index (Phi) is 9.02. The number of thiophene rings is 1. The number of ether oxygens (including phenoxy) is 1. The number of benzene rings is 1. The molecule has 0 bridgehead atoms. The molecule has 3 amide bonds. The van der Waals surface area contributed by atoms with Gasteiger partial charge in [-0.15, -0.1) is 17.9 Å². The van der Waals surface area contributed by atoms with Gasteiger partial charge in [-0.1, -0.05) is 31.2 Å². The summed E-state index contributed by atoms with van der Waals surface area (Å²) in [5, 5.41) is 7.46. The van der Waals surface area contributed by atoms with Crippen LogP contribution in [0.5, 0.6) is 5.75 Å². The maximum atomic E-state index is 13.4. The van der Waals surface area contributed by atoms with Crippen LogP contribution in [-0.4, -0.2) is 48.4 Å².